The quantitative estimate of drug-likeness (QED) is 0.0821. The predicted octanol–water partition coefficient (Wildman–Crippen LogP) is 6.75. The second kappa shape index (κ2) is 17.2. The van der Waals surface area contributed by atoms with Gasteiger partial charge in [-0.15, -0.1) is 4.36 Å². The third-order valence-corrected chi connectivity index (χ3v) is 8.51. The average Bonchev–Trinajstić information content (AvgIpc) is 3.10. The Hall–Kier alpha value is -5.40. The molecular formula is C33H33F5N8O5S. The molecule has 1 atom stereocenters. The smallest absolute Gasteiger partial charge is 0.441 e. The summed E-state index contributed by atoms with van der Waals surface area (Å²) in [6.07, 6.45) is -4.27. The van der Waals surface area contributed by atoms with Crippen LogP contribution in [0, 0.1) is 11.6 Å². The van der Waals surface area contributed by atoms with Crippen molar-refractivity contribution in [1.82, 2.24) is 14.9 Å². The van der Waals surface area contributed by atoms with Crippen molar-refractivity contribution < 1.29 is 45.2 Å². The van der Waals surface area contributed by atoms with Crippen molar-refractivity contribution in [2.24, 2.45) is 4.36 Å². The number of benzene rings is 3. The van der Waals surface area contributed by atoms with Gasteiger partial charge in [-0.2, -0.15) is 18.2 Å². The summed E-state index contributed by atoms with van der Waals surface area (Å²) in [7, 11) is -2.44. The zero-order chi connectivity index (χ0) is 37.3. The molecule has 1 fully saturated rings. The lowest BCUT2D eigenvalue weighted by molar-refractivity contribution is -0.137. The summed E-state index contributed by atoms with van der Waals surface area (Å²) in [6, 6.07) is 10.5. The van der Waals surface area contributed by atoms with Crippen molar-refractivity contribution in [3.63, 3.8) is 0 Å². The first-order chi connectivity index (χ1) is 24.9. The second-order valence-electron chi connectivity index (χ2n) is 11.1. The van der Waals surface area contributed by atoms with Gasteiger partial charge >= 0.3 is 18.3 Å². The molecule has 13 nitrogen and oxygen atoms in total. The van der Waals surface area contributed by atoms with Crippen molar-refractivity contribution in [3.05, 3.63) is 84.1 Å². The molecular weight excluding hydrogens is 715 g/mol. The molecule has 0 spiro atoms. The molecule has 4 aromatic rings. The van der Waals surface area contributed by atoms with Crippen LogP contribution in [0.25, 0.3) is 11.1 Å². The topological polar surface area (TPSA) is 159 Å². The number of carbonyl (C=O) groups excluding carboxylic acids is 2. The van der Waals surface area contributed by atoms with E-state index in [0.717, 1.165) is 19.2 Å². The third-order valence-electron chi connectivity index (χ3n) is 7.45. The molecule has 2 heterocycles. The molecule has 0 radical (unpaired) electrons. The highest BCUT2D eigenvalue weighted by atomic mass is 32.2. The number of carbonyl (C=O) groups is 2. The summed E-state index contributed by atoms with van der Waals surface area (Å²) in [5.74, 6) is -1.57. The minimum atomic E-state index is -4.77. The minimum Gasteiger partial charge on any atom is -0.448 e. The van der Waals surface area contributed by atoms with E-state index >= 15 is 4.39 Å². The number of morpholine rings is 1. The highest BCUT2D eigenvalue weighted by Crippen LogP contribution is 2.33. The molecule has 1 aromatic heterocycles. The van der Waals surface area contributed by atoms with Gasteiger partial charge in [0.25, 0.3) is 0 Å². The summed E-state index contributed by atoms with van der Waals surface area (Å²) in [6.45, 7) is 5.50. The lowest BCUT2D eigenvalue weighted by atomic mass is 10.1. The van der Waals surface area contributed by atoms with Gasteiger partial charge in [0.1, 0.15) is 17.5 Å². The molecule has 276 valence electrons. The van der Waals surface area contributed by atoms with Crippen LogP contribution >= 0.6 is 0 Å². The van der Waals surface area contributed by atoms with E-state index in [0.29, 0.717) is 67.1 Å². The lowest BCUT2D eigenvalue weighted by Gasteiger charge is -2.26. The number of alkyl halides is 3. The van der Waals surface area contributed by atoms with Crippen molar-refractivity contribution in [2.75, 3.05) is 67.3 Å². The van der Waals surface area contributed by atoms with Gasteiger partial charge in [-0.3, -0.25) is 4.90 Å². The largest absolute Gasteiger partial charge is 0.448 e. The molecule has 4 N–H and O–H groups in total. The fourth-order valence-electron chi connectivity index (χ4n) is 4.92. The summed E-state index contributed by atoms with van der Waals surface area (Å²) in [5, 5.41) is 10.4. The Morgan fingerprint density at radius 3 is 2.50 bits per heavy atom. The molecule has 3 amide bonds. The summed E-state index contributed by atoms with van der Waals surface area (Å²) in [4.78, 5) is 35.6. The second-order valence-corrected chi connectivity index (χ2v) is 12.3. The molecule has 0 aliphatic carbocycles. The van der Waals surface area contributed by atoms with Crippen molar-refractivity contribution in [3.8, 4) is 11.1 Å². The maximum Gasteiger partial charge on any atom is 0.441 e. The number of halogens is 5. The van der Waals surface area contributed by atoms with Gasteiger partial charge in [0, 0.05) is 48.5 Å². The predicted molar refractivity (Wildman–Crippen MR) is 184 cm³/mol. The average molecular weight is 749 g/mol. The Labute approximate surface area is 296 Å². The number of hydrogen-bond donors (Lipinski definition) is 5. The summed E-state index contributed by atoms with van der Waals surface area (Å²) in [5.41, 5.74) is -1.11. The molecule has 19 heteroatoms. The number of thiol groups is 1. The van der Waals surface area contributed by atoms with Crippen molar-refractivity contribution >= 4 is 51.5 Å². The molecule has 1 unspecified atom stereocenters. The van der Waals surface area contributed by atoms with Gasteiger partial charge in [-0.1, -0.05) is 12.1 Å². The molecule has 52 heavy (non-hydrogen) atoms. The molecule has 3 aromatic carbocycles. The number of rotatable bonds is 11. The van der Waals surface area contributed by atoms with Crippen LogP contribution in [-0.2, 0) is 26.2 Å². The Morgan fingerprint density at radius 2 is 1.77 bits per heavy atom. The van der Waals surface area contributed by atoms with Crippen LogP contribution in [0.15, 0.2) is 76.1 Å². The highest BCUT2D eigenvalue weighted by molar-refractivity contribution is 7.75. The first-order valence-corrected chi connectivity index (χ1v) is 17.0. The first kappa shape index (κ1) is 37.8. The van der Waals surface area contributed by atoms with Gasteiger partial charge in [0.15, 0.2) is 0 Å². The maximum absolute atomic E-state index is 15.3. The number of amides is 3. The number of nitrogens with zero attached hydrogens (tertiary/aromatic N) is 4. The molecule has 1 aliphatic heterocycles. The number of urea groups is 1. The van der Waals surface area contributed by atoms with Gasteiger partial charge in [0.05, 0.1) is 47.4 Å². The van der Waals surface area contributed by atoms with E-state index in [1.54, 1.807) is 19.1 Å². The third kappa shape index (κ3) is 10.3. The fourth-order valence-corrected chi connectivity index (χ4v) is 5.70. The number of anilines is 5. The van der Waals surface area contributed by atoms with Gasteiger partial charge < -0.3 is 30.7 Å². The van der Waals surface area contributed by atoms with Gasteiger partial charge in [-0.25, -0.2) is 27.6 Å². The van der Waals surface area contributed by atoms with Crippen molar-refractivity contribution in [1.29, 1.82) is 0 Å². The van der Waals surface area contributed by atoms with E-state index in [1.165, 1.54) is 30.5 Å². The van der Waals surface area contributed by atoms with E-state index in [2.05, 4.69) is 35.2 Å². The van der Waals surface area contributed by atoms with Crippen LogP contribution < -0.4 is 21.3 Å². The number of ether oxygens (including phenoxy) is 2. The van der Waals surface area contributed by atoms with E-state index in [9.17, 15) is 31.4 Å². The first-order valence-electron chi connectivity index (χ1n) is 15.8. The Balaban J connectivity index is 1.35. The van der Waals surface area contributed by atoms with Gasteiger partial charge in [0.2, 0.25) is 5.95 Å². The Kier molecular flexibility index (Phi) is 12.5. The maximum atomic E-state index is 15.3. The summed E-state index contributed by atoms with van der Waals surface area (Å²) >= 11 is 0. The molecule has 1 saturated heterocycles. The van der Waals surface area contributed by atoms with Gasteiger partial charge in [-0.05, 0) is 61.0 Å². The number of aromatic nitrogens is 2. The van der Waals surface area contributed by atoms with Crippen LogP contribution in [0.2, 0.25) is 0 Å². The Morgan fingerprint density at radius 1 is 1.00 bits per heavy atom. The molecule has 0 bridgehead atoms. The number of hydrogen-bond acceptors (Lipinski definition) is 10. The van der Waals surface area contributed by atoms with E-state index in [4.69, 9.17) is 9.47 Å². The zero-order valence-electron chi connectivity index (χ0n) is 27.5. The van der Waals surface area contributed by atoms with E-state index < -0.39 is 51.8 Å². The SMILES string of the molecule is CCOC(=O)/N=[SH](=O)\c1cccc(Nc2ncc(-c3ccc(NC(=O)Nc4cc(C(F)(F)F)ccc4F)c(F)c3)c(NCCN3CCOCC3)n2)c1. The van der Waals surface area contributed by atoms with Crippen LogP contribution in [0.4, 0.5) is 60.4 Å². The van der Waals surface area contributed by atoms with Crippen molar-refractivity contribution in [2.45, 2.75) is 18.0 Å². The standard InChI is InChI=1S/C33H33F5N8O5S/c1-2-51-32(48)45-52(49)23-5-3-4-22(18-23)41-30-40-19-24(29(44-30)39-10-11-46-12-14-50-15-13-46)20-6-9-27(26(35)16-20)42-31(47)43-28-17-21(33(36,37)38)7-8-25(28)34/h3-9,16-19,52H,2,10-15H2,1H3,(H2,42,43,47)(H2,39,40,41,44). The van der Waals surface area contributed by atoms with Crippen LogP contribution in [-0.4, -0.2) is 77.2 Å². The fraction of sp³-hybridized carbons (Fsp3) is 0.273. The highest BCUT2D eigenvalue weighted by Gasteiger charge is 2.31. The molecule has 0 saturated carbocycles. The van der Waals surface area contributed by atoms with Crippen LogP contribution in [0.5, 0.6) is 0 Å². The van der Waals surface area contributed by atoms with Crippen LogP contribution in [0.1, 0.15) is 12.5 Å². The zero-order valence-corrected chi connectivity index (χ0v) is 28.4. The normalized spacial score (nSPS) is 14.0. The van der Waals surface area contributed by atoms with Crippen LogP contribution in [0.3, 0.4) is 0 Å². The van der Waals surface area contributed by atoms with E-state index in [-0.39, 0.29) is 23.1 Å². The molecule has 1 aliphatic rings. The lowest BCUT2D eigenvalue weighted by Crippen LogP contribution is -2.39. The molecule has 5 rings (SSSR count). The number of nitrogens with one attached hydrogen (secondary N) is 4. The Bertz CT molecular complexity index is 2010. The monoisotopic (exact) mass is 748 g/mol. The van der Waals surface area contributed by atoms with E-state index in [1.807, 2.05) is 5.32 Å². The summed E-state index contributed by atoms with van der Waals surface area (Å²) < 4.78 is 94.9. The minimum absolute atomic E-state index is 0.0861.